The summed E-state index contributed by atoms with van der Waals surface area (Å²) < 4.78 is 0. The number of pyridine rings is 1. The average Bonchev–Trinajstić information content (AvgIpc) is 2.46. The Hall–Kier alpha value is -2.40. The van der Waals surface area contributed by atoms with Crippen molar-refractivity contribution >= 4 is 29.1 Å². The molecule has 0 fully saturated rings. The van der Waals surface area contributed by atoms with Crippen LogP contribution in [0.4, 0.5) is 5.69 Å². The quantitative estimate of drug-likeness (QED) is 0.912. The van der Waals surface area contributed by atoms with E-state index in [-0.39, 0.29) is 11.8 Å². The molecule has 0 spiro atoms. The fourth-order valence-electron chi connectivity index (χ4n) is 1.73. The van der Waals surface area contributed by atoms with Crippen molar-refractivity contribution in [3.8, 4) is 0 Å². The molecule has 0 saturated heterocycles. The number of nitrogens with one attached hydrogen (secondary N) is 2. The van der Waals surface area contributed by atoms with Crippen LogP contribution in [-0.2, 0) is 11.3 Å². The van der Waals surface area contributed by atoms with Gasteiger partial charge in [0, 0.05) is 31.5 Å². The third-order valence-corrected chi connectivity index (χ3v) is 3.07. The molecule has 2 aromatic rings. The van der Waals surface area contributed by atoms with E-state index >= 15 is 0 Å². The van der Waals surface area contributed by atoms with Gasteiger partial charge in [0.15, 0.2) is 0 Å². The molecule has 0 bridgehead atoms. The molecule has 6 heteroatoms. The number of carbonyl (C=O) groups excluding carboxylic acids is 2. The molecule has 0 saturated carbocycles. The number of hydrogen-bond donors (Lipinski definition) is 2. The van der Waals surface area contributed by atoms with Crippen LogP contribution in [0.25, 0.3) is 0 Å². The highest BCUT2D eigenvalue weighted by Gasteiger charge is 2.09. The second kappa shape index (κ2) is 6.85. The van der Waals surface area contributed by atoms with Gasteiger partial charge in [-0.2, -0.15) is 0 Å². The van der Waals surface area contributed by atoms with E-state index < -0.39 is 0 Å². The number of hydrogen-bond acceptors (Lipinski definition) is 3. The van der Waals surface area contributed by atoms with Crippen LogP contribution in [0, 0.1) is 0 Å². The van der Waals surface area contributed by atoms with Crippen molar-refractivity contribution in [1.29, 1.82) is 0 Å². The maximum absolute atomic E-state index is 12.0. The summed E-state index contributed by atoms with van der Waals surface area (Å²) in [6, 6.07) is 8.78. The molecule has 0 unspecified atom stereocenters. The molecule has 21 heavy (non-hydrogen) atoms. The Morgan fingerprint density at radius 2 is 1.90 bits per heavy atom. The monoisotopic (exact) mass is 303 g/mol. The van der Waals surface area contributed by atoms with Gasteiger partial charge in [-0.15, -0.1) is 0 Å². The van der Waals surface area contributed by atoms with Gasteiger partial charge < -0.3 is 10.6 Å². The Morgan fingerprint density at radius 1 is 1.19 bits per heavy atom. The molecule has 0 aliphatic carbocycles. The molecule has 2 N–H and O–H groups in total. The maximum Gasteiger partial charge on any atom is 0.254 e. The Balaban J connectivity index is 1.95. The standard InChI is InChI=1S/C15H14ClN3O2/c1-10(20)19-12-4-2-11(3-5-12)8-18-15(21)13-9-17-7-6-14(13)16/h2-7,9H,8H2,1H3,(H,18,21)(H,19,20). The lowest BCUT2D eigenvalue weighted by Crippen LogP contribution is -2.23. The van der Waals surface area contributed by atoms with E-state index in [2.05, 4.69) is 15.6 Å². The summed E-state index contributed by atoms with van der Waals surface area (Å²) in [6.45, 7) is 1.82. The van der Waals surface area contributed by atoms with E-state index in [4.69, 9.17) is 11.6 Å². The van der Waals surface area contributed by atoms with Crippen LogP contribution in [0.2, 0.25) is 5.02 Å². The first-order chi connectivity index (χ1) is 10.1. The molecule has 1 heterocycles. The highest BCUT2D eigenvalue weighted by Crippen LogP contribution is 2.14. The number of amides is 2. The first-order valence-electron chi connectivity index (χ1n) is 6.30. The summed E-state index contributed by atoms with van der Waals surface area (Å²) in [5.74, 6) is -0.402. The van der Waals surface area contributed by atoms with Crippen molar-refractivity contribution in [3.05, 3.63) is 58.9 Å². The molecule has 108 valence electrons. The second-order valence-electron chi connectivity index (χ2n) is 4.42. The molecule has 0 radical (unpaired) electrons. The topological polar surface area (TPSA) is 71.1 Å². The third-order valence-electron chi connectivity index (χ3n) is 2.74. The lowest BCUT2D eigenvalue weighted by Gasteiger charge is -2.07. The fraction of sp³-hybridized carbons (Fsp3) is 0.133. The van der Waals surface area contributed by atoms with Crippen LogP contribution in [0.5, 0.6) is 0 Å². The number of benzene rings is 1. The third kappa shape index (κ3) is 4.29. The number of rotatable bonds is 4. The minimum atomic E-state index is -0.279. The van der Waals surface area contributed by atoms with Gasteiger partial charge in [-0.05, 0) is 23.8 Å². The van der Waals surface area contributed by atoms with Gasteiger partial charge in [-0.25, -0.2) is 0 Å². The zero-order valence-electron chi connectivity index (χ0n) is 11.4. The predicted molar refractivity (Wildman–Crippen MR) is 81.2 cm³/mol. The van der Waals surface area contributed by atoms with Crippen molar-refractivity contribution in [2.24, 2.45) is 0 Å². The smallest absolute Gasteiger partial charge is 0.254 e. The number of halogens is 1. The zero-order chi connectivity index (χ0) is 15.2. The molecule has 1 aromatic heterocycles. The van der Waals surface area contributed by atoms with Gasteiger partial charge in [0.25, 0.3) is 5.91 Å². The Bertz CT molecular complexity index is 656. The van der Waals surface area contributed by atoms with Gasteiger partial charge in [0.05, 0.1) is 10.6 Å². The lowest BCUT2D eigenvalue weighted by molar-refractivity contribution is -0.114. The van der Waals surface area contributed by atoms with E-state index in [1.54, 1.807) is 18.2 Å². The summed E-state index contributed by atoms with van der Waals surface area (Å²) in [5.41, 5.74) is 1.97. The number of anilines is 1. The highest BCUT2D eigenvalue weighted by atomic mass is 35.5. The maximum atomic E-state index is 12.0. The zero-order valence-corrected chi connectivity index (χ0v) is 12.1. The van der Waals surface area contributed by atoms with Gasteiger partial charge in [0.1, 0.15) is 0 Å². The summed E-state index contributed by atoms with van der Waals surface area (Å²) in [5, 5.41) is 5.81. The van der Waals surface area contributed by atoms with Crippen molar-refractivity contribution < 1.29 is 9.59 Å². The molecule has 2 amide bonds. The van der Waals surface area contributed by atoms with Gasteiger partial charge in [-0.3, -0.25) is 14.6 Å². The number of carbonyl (C=O) groups is 2. The summed E-state index contributed by atoms with van der Waals surface area (Å²) in [7, 11) is 0. The fourth-order valence-corrected chi connectivity index (χ4v) is 1.92. The molecule has 5 nitrogen and oxygen atoms in total. The summed E-state index contributed by atoms with van der Waals surface area (Å²) in [4.78, 5) is 26.7. The molecular formula is C15H14ClN3O2. The van der Waals surface area contributed by atoms with Crippen LogP contribution >= 0.6 is 11.6 Å². The average molecular weight is 304 g/mol. The van der Waals surface area contributed by atoms with Crippen LogP contribution in [-0.4, -0.2) is 16.8 Å². The minimum absolute atomic E-state index is 0.123. The van der Waals surface area contributed by atoms with E-state index in [1.165, 1.54) is 19.3 Å². The molecular weight excluding hydrogens is 290 g/mol. The largest absolute Gasteiger partial charge is 0.348 e. The molecule has 1 aromatic carbocycles. The van der Waals surface area contributed by atoms with Crippen LogP contribution < -0.4 is 10.6 Å². The van der Waals surface area contributed by atoms with E-state index in [9.17, 15) is 9.59 Å². The van der Waals surface area contributed by atoms with Crippen LogP contribution in [0.15, 0.2) is 42.7 Å². The minimum Gasteiger partial charge on any atom is -0.348 e. The second-order valence-corrected chi connectivity index (χ2v) is 4.82. The van der Waals surface area contributed by atoms with Crippen LogP contribution in [0.1, 0.15) is 22.8 Å². The lowest BCUT2D eigenvalue weighted by atomic mass is 10.2. The van der Waals surface area contributed by atoms with E-state index in [0.717, 1.165) is 5.56 Å². The SMILES string of the molecule is CC(=O)Nc1ccc(CNC(=O)c2cnccc2Cl)cc1. The van der Waals surface area contributed by atoms with Gasteiger partial charge >= 0.3 is 0 Å². The van der Waals surface area contributed by atoms with Crippen molar-refractivity contribution in [2.45, 2.75) is 13.5 Å². The predicted octanol–water partition coefficient (Wildman–Crippen LogP) is 2.62. The molecule has 2 rings (SSSR count). The number of nitrogens with zero attached hydrogens (tertiary/aromatic N) is 1. The number of aromatic nitrogens is 1. The van der Waals surface area contributed by atoms with Crippen molar-refractivity contribution in [1.82, 2.24) is 10.3 Å². The Labute approximate surface area is 127 Å². The Kier molecular flexibility index (Phi) is 4.90. The van der Waals surface area contributed by atoms with E-state index in [1.807, 2.05) is 12.1 Å². The van der Waals surface area contributed by atoms with Crippen LogP contribution in [0.3, 0.4) is 0 Å². The van der Waals surface area contributed by atoms with Gasteiger partial charge in [-0.1, -0.05) is 23.7 Å². The first kappa shape index (κ1) is 15.0. The summed E-state index contributed by atoms with van der Waals surface area (Å²) in [6.07, 6.45) is 2.96. The highest BCUT2D eigenvalue weighted by molar-refractivity contribution is 6.33. The molecule has 0 aliphatic heterocycles. The van der Waals surface area contributed by atoms with Gasteiger partial charge in [0.2, 0.25) is 5.91 Å². The first-order valence-corrected chi connectivity index (χ1v) is 6.68. The summed E-state index contributed by atoms with van der Waals surface area (Å²) >= 11 is 5.93. The van der Waals surface area contributed by atoms with E-state index in [0.29, 0.717) is 22.8 Å². The Morgan fingerprint density at radius 3 is 2.52 bits per heavy atom. The molecule has 0 aliphatic rings. The van der Waals surface area contributed by atoms with Crippen molar-refractivity contribution in [3.63, 3.8) is 0 Å². The normalized spacial score (nSPS) is 10.0. The van der Waals surface area contributed by atoms with Crippen molar-refractivity contribution in [2.75, 3.05) is 5.32 Å². The molecule has 0 atom stereocenters.